The van der Waals surface area contributed by atoms with Gasteiger partial charge in [-0.2, -0.15) is 0 Å². The molecular formula is C19H22BrN3O3. The normalized spacial score (nSPS) is 23.5. The highest BCUT2D eigenvalue weighted by atomic mass is 79.9. The number of hydrogen-bond acceptors (Lipinski definition) is 3. The van der Waals surface area contributed by atoms with Crippen LogP contribution >= 0.6 is 15.9 Å². The van der Waals surface area contributed by atoms with Crippen molar-refractivity contribution in [2.45, 2.75) is 19.3 Å². The molecule has 0 aromatic heterocycles. The van der Waals surface area contributed by atoms with Gasteiger partial charge in [0.2, 0.25) is 17.7 Å². The molecule has 1 aliphatic carbocycles. The van der Waals surface area contributed by atoms with Gasteiger partial charge in [0.25, 0.3) is 0 Å². The van der Waals surface area contributed by atoms with E-state index >= 15 is 0 Å². The maximum atomic E-state index is 12.9. The molecule has 0 radical (unpaired) electrons. The van der Waals surface area contributed by atoms with Crippen molar-refractivity contribution in [1.29, 1.82) is 0 Å². The van der Waals surface area contributed by atoms with E-state index in [1.165, 1.54) is 0 Å². The molecule has 2 aliphatic heterocycles. The molecule has 26 heavy (non-hydrogen) atoms. The Morgan fingerprint density at radius 1 is 0.923 bits per heavy atom. The number of nitrogens with zero attached hydrogens (tertiary/aromatic N) is 3. The van der Waals surface area contributed by atoms with Crippen molar-refractivity contribution in [3.63, 3.8) is 0 Å². The number of rotatable bonds is 3. The summed E-state index contributed by atoms with van der Waals surface area (Å²) in [5, 5.41) is 0. The summed E-state index contributed by atoms with van der Waals surface area (Å²) in [4.78, 5) is 42.8. The maximum absolute atomic E-state index is 12.9. The van der Waals surface area contributed by atoms with E-state index in [0.717, 1.165) is 23.0 Å². The minimum absolute atomic E-state index is 0.0159. The molecule has 138 valence electrons. The van der Waals surface area contributed by atoms with Gasteiger partial charge in [-0.3, -0.25) is 14.4 Å². The summed E-state index contributed by atoms with van der Waals surface area (Å²) >= 11 is 3.48. The van der Waals surface area contributed by atoms with Crippen molar-refractivity contribution in [1.82, 2.24) is 9.80 Å². The molecular weight excluding hydrogens is 398 g/mol. The van der Waals surface area contributed by atoms with E-state index < -0.39 is 0 Å². The average Bonchev–Trinajstić information content (AvgIpc) is 3.44. The van der Waals surface area contributed by atoms with E-state index in [2.05, 4.69) is 15.9 Å². The first-order chi connectivity index (χ1) is 12.5. The number of benzene rings is 1. The van der Waals surface area contributed by atoms with E-state index in [9.17, 15) is 14.4 Å². The van der Waals surface area contributed by atoms with Crippen molar-refractivity contribution in [2.75, 3.05) is 37.6 Å². The Balaban J connectivity index is 1.36. The van der Waals surface area contributed by atoms with E-state index in [-0.39, 0.29) is 36.0 Å². The number of carbonyl (C=O) groups is 3. The topological polar surface area (TPSA) is 60.9 Å². The van der Waals surface area contributed by atoms with Crippen LogP contribution in [0.5, 0.6) is 0 Å². The number of anilines is 1. The second-order valence-electron chi connectivity index (χ2n) is 7.28. The quantitative estimate of drug-likeness (QED) is 0.751. The van der Waals surface area contributed by atoms with Gasteiger partial charge in [-0.1, -0.05) is 12.1 Å². The van der Waals surface area contributed by atoms with E-state index in [0.29, 0.717) is 32.7 Å². The monoisotopic (exact) mass is 419 g/mol. The van der Waals surface area contributed by atoms with Gasteiger partial charge in [0.15, 0.2) is 0 Å². The van der Waals surface area contributed by atoms with Crippen LogP contribution in [0.3, 0.4) is 0 Å². The summed E-state index contributed by atoms with van der Waals surface area (Å²) in [5.74, 6) is 0.181. The Hall–Kier alpha value is -1.89. The predicted octanol–water partition coefficient (Wildman–Crippen LogP) is 1.88. The van der Waals surface area contributed by atoms with Gasteiger partial charge in [-0.25, -0.2) is 0 Å². The first-order valence-corrected chi connectivity index (χ1v) is 9.96. The predicted molar refractivity (Wildman–Crippen MR) is 100 cm³/mol. The molecule has 3 fully saturated rings. The Morgan fingerprint density at radius 2 is 1.50 bits per heavy atom. The standard InChI is InChI=1S/C19H22BrN3O3/c20-15-3-1-2-4-16(15)23-12-14(11-17(23)24)19(26)22-9-7-21(8-10-22)18(25)13-5-6-13/h1-4,13-14H,5-12H2/t14-/m0/s1. The molecule has 7 heteroatoms. The van der Waals surface area contributed by atoms with Gasteiger partial charge >= 0.3 is 0 Å². The van der Waals surface area contributed by atoms with Gasteiger partial charge in [0.1, 0.15) is 0 Å². The van der Waals surface area contributed by atoms with Crippen LogP contribution in [0.25, 0.3) is 0 Å². The minimum Gasteiger partial charge on any atom is -0.339 e. The molecule has 2 saturated heterocycles. The molecule has 0 N–H and O–H groups in total. The molecule has 0 bridgehead atoms. The lowest BCUT2D eigenvalue weighted by Crippen LogP contribution is -2.52. The van der Waals surface area contributed by atoms with Crippen molar-refractivity contribution in [2.24, 2.45) is 11.8 Å². The molecule has 1 aromatic carbocycles. The maximum Gasteiger partial charge on any atom is 0.228 e. The van der Waals surface area contributed by atoms with E-state index in [4.69, 9.17) is 0 Å². The molecule has 3 aliphatic rings. The molecule has 1 aromatic rings. The second kappa shape index (κ2) is 7.02. The molecule has 1 saturated carbocycles. The molecule has 3 amide bonds. The number of amides is 3. The van der Waals surface area contributed by atoms with Crippen molar-refractivity contribution in [3.8, 4) is 0 Å². The number of carbonyl (C=O) groups excluding carboxylic acids is 3. The van der Waals surface area contributed by atoms with Crippen LogP contribution in [0.2, 0.25) is 0 Å². The minimum atomic E-state index is -0.305. The highest BCUT2D eigenvalue weighted by Gasteiger charge is 2.40. The van der Waals surface area contributed by atoms with Crippen molar-refractivity contribution < 1.29 is 14.4 Å². The van der Waals surface area contributed by atoms with E-state index in [1.807, 2.05) is 34.1 Å². The van der Waals surface area contributed by atoms with Crippen LogP contribution in [0.4, 0.5) is 5.69 Å². The molecule has 0 unspecified atom stereocenters. The Bertz CT molecular complexity index is 741. The van der Waals surface area contributed by atoms with Crippen LogP contribution in [0, 0.1) is 11.8 Å². The summed E-state index contributed by atoms with van der Waals surface area (Å²) < 4.78 is 0.855. The molecule has 4 rings (SSSR count). The molecule has 1 atom stereocenters. The fraction of sp³-hybridized carbons (Fsp3) is 0.526. The fourth-order valence-corrected chi connectivity index (χ4v) is 4.27. The Morgan fingerprint density at radius 3 is 2.08 bits per heavy atom. The lowest BCUT2D eigenvalue weighted by atomic mass is 10.1. The van der Waals surface area contributed by atoms with Crippen LogP contribution in [-0.2, 0) is 14.4 Å². The summed E-state index contributed by atoms with van der Waals surface area (Å²) in [7, 11) is 0. The highest BCUT2D eigenvalue weighted by molar-refractivity contribution is 9.10. The van der Waals surface area contributed by atoms with Gasteiger partial charge in [-0.05, 0) is 40.9 Å². The van der Waals surface area contributed by atoms with Crippen molar-refractivity contribution in [3.05, 3.63) is 28.7 Å². The zero-order chi connectivity index (χ0) is 18.3. The highest BCUT2D eigenvalue weighted by Crippen LogP contribution is 2.33. The van der Waals surface area contributed by atoms with Crippen LogP contribution < -0.4 is 4.90 Å². The fourth-order valence-electron chi connectivity index (χ4n) is 3.77. The summed E-state index contributed by atoms with van der Waals surface area (Å²) in [6.07, 6.45) is 2.27. The average molecular weight is 420 g/mol. The van der Waals surface area contributed by atoms with Gasteiger partial charge in [0.05, 0.1) is 11.6 Å². The zero-order valence-corrected chi connectivity index (χ0v) is 16.2. The summed E-state index contributed by atoms with van der Waals surface area (Å²) in [6.45, 7) is 2.76. The SMILES string of the molecule is O=C(C1CC1)N1CCN(C(=O)[C@H]2CC(=O)N(c3ccccc3Br)C2)CC1. The van der Waals surface area contributed by atoms with Crippen LogP contribution in [-0.4, -0.2) is 60.2 Å². The van der Waals surface area contributed by atoms with E-state index in [1.54, 1.807) is 4.90 Å². The van der Waals surface area contributed by atoms with Gasteiger partial charge in [-0.15, -0.1) is 0 Å². The third-order valence-corrected chi connectivity index (χ3v) is 6.12. The third kappa shape index (κ3) is 3.37. The molecule has 2 heterocycles. The van der Waals surface area contributed by atoms with Crippen LogP contribution in [0.15, 0.2) is 28.7 Å². The van der Waals surface area contributed by atoms with Crippen LogP contribution in [0.1, 0.15) is 19.3 Å². The third-order valence-electron chi connectivity index (χ3n) is 5.45. The lowest BCUT2D eigenvalue weighted by Gasteiger charge is -2.36. The van der Waals surface area contributed by atoms with Gasteiger partial charge < -0.3 is 14.7 Å². The van der Waals surface area contributed by atoms with Gasteiger partial charge in [0, 0.05) is 49.5 Å². The first kappa shape index (κ1) is 17.5. The Labute approximate surface area is 161 Å². The number of para-hydroxylation sites is 1. The summed E-state index contributed by atoms with van der Waals surface area (Å²) in [6, 6.07) is 7.57. The smallest absolute Gasteiger partial charge is 0.228 e. The van der Waals surface area contributed by atoms with Crippen molar-refractivity contribution >= 4 is 39.3 Å². The molecule has 6 nitrogen and oxygen atoms in total. The zero-order valence-electron chi connectivity index (χ0n) is 14.6. The number of piperazine rings is 1. The largest absolute Gasteiger partial charge is 0.339 e. The lowest BCUT2D eigenvalue weighted by molar-refractivity contribution is -0.142. The first-order valence-electron chi connectivity index (χ1n) is 9.17. The summed E-state index contributed by atoms with van der Waals surface area (Å²) in [5.41, 5.74) is 0.813. The molecule has 0 spiro atoms. The number of hydrogen-bond donors (Lipinski definition) is 0. The number of halogens is 1. The Kier molecular flexibility index (Phi) is 4.73. The second-order valence-corrected chi connectivity index (χ2v) is 8.14.